The Hall–Kier alpha value is -0.290. The first-order valence-electron chi connectivity index (χ1n) is 20.6. The van der Waals surface area contributed by atoms with E-state index in [9.17, 15) is 14.8 Å². The molecule has 2 atom stereocenters. The average molecular weight is 667 g/mol. The van der Waals surface area contributed by atoms with Crippen LogP contribution in [0.3, 0.4) is 0 Å². The minimum atomic E-state index is -0.930. The Labute approximate surface area is 292 Å². The van der Waals surface area contributed by atoms with Gasteiger partial charge in [-0.1, -0.05) is 178 Å². The van der Waals surface area contributed by atoms with Gasteiger partial charge >= 0.3 is 0 Å². The number of unbranched alkanes of at least 4 members (excludes halogenated alkanes) is 24. The molecule has 0 aliphatic carbocycles. The smallest absolute Gasteiger partial charge is 0.108 e. The molecular formula is C42H82O3S. The summed E-state index contributed by atoms with van der Waals surface area (Å²) in [6.07, 6.45) is 48.2. The fraction of sp³-hybridized carbons (Fsp3) is 0.905. The van der Waals surface area contributed by atoms with E-state index < -0.39 is 11.2 Å². The number of rotatable bonds is 38. The summed E-state index contributed by atoms with van der Waals surface area (Å²) in [4.78, 5) is 0. The molecule has 0 aliphatic heterocycles. The first-order valence-corrected chi connectivity index (χ1v) is 22.1. The molecule has 2 N–H and O–H groups in total. The van der Waals surface area contributed by atoms with Crippen molar-refractivity contribution >= 4 is 11.2 Å². The molecule has 4 heteroatoms. The quantitative estimate of drug-likeness (QED) is 0.0391. The topological polar surface area (TPSA) is 63.5 Å². The summed E-state index contributed by atoms with van der Waals surface area (Å²) in [7, 11) is 0. The van der Waals surface area contributed by atoms with Crippen LogP contribution >= 0.6 is 0 Å². The molecule has 3 nitrogen and oxygen atoms in total. The molecule has 0 amide bonds. The Morgan fingerprint density at radius 3 is 0.957 bits per heavy atom. The molecule has 0 fully saturated rings. The zero-order valence-corrected chi connectivity index (χ0v) is 32.0. The standard InChI is InChI=1S/C42H82O3S/c1-3-5-7-9-11-13-15-17-19-21-23-25-27-29-31-33-35-41(43)37-39-46(45)40-38-42(44)36-34-32-30-28-26-24-22-20-18-16-14-12-10-8-6-4-2/h17-20,41-44H,3-16,21-40H2,1-2H3/b19-17-,20-18-. The van der Waals surface area contributed by atoms with Gasteiger partial charge in [-0.2, -0.15) is 0 Å². The van der Waals surface area contributed by atoms with Crippen molar-refractivity contribution in [2.24, 2.45) is 0 Å². The Balaban J connectivity index is 3.43. The van der Waals surface area contributed by atoms with Gasteiger partial charge < -0.3 is 14.8 Å². The highest BCUT2D eigenvalue weighted by Crippen LogP contribution is 2.15. The fourth-order valence-electron chi connectivity index (χ4n) is 6.18. The number of aliphatic hydroxyl groups is 2. The lowest BCUT2D eigenvalue weighted by atomic mass is 10.0. The second-order valence-corrected chi connectivity index (χ2v) is 15.9. The van der Waals surface area contributed by atoms with Crippen molar-refractivity contribution in [2.45, 2.75) is 232 Å². The Bertz CT molecular complexity index is 570. The molecule has 0 saturated carbocycles. The van der Waals surface area contributed by atoms with Gasteiger partial charge in [0.25, 0.3) is 0 Å². The fourth-order valence-corrected chi connectivity index (χ4v) is 7.45. The van der Waals surface area contributed by atoms with Crippen LogP contribution in [-0.4, -0.2) is 38.5 Å². The van der Waals surface area contributed by atoms with Crippen LogP contribution in [0.1, 0.15) is 219 Å². The van der Waals surface area contributed by atoms with Crippen LogP contribution in [0.5, 0.6) is 0 Å². The van der Waals surface area contributed by atoms with Gasteiger partial charge in [0.15, 0.2) is 0 Å². The minimum absolute atomic E-state index is 0.327. The maximum Gasteiger partial charge on any atom is 0.108 e. The third-order valence-electron chi connectivity index (χ3n) is 9.46. The van der Waals surface area contributed by atoms with Gasteiger partial charge in [0, 0.05) is 12.8 Å². The molecule has 0 rings (SSSR count). The maximum atomic E-state index is 12.4. The van der Waals surface area contributed by atoms with E-state index in [1.807, 2.05) is 0 Å². The van der Waals surface area contributed by atoms with E-state index in [4.69, 9.17) is 0 Å². The lowest BCUT2D eigenvalue weighted by Crippen LogP contribution is -2.20. The van der Waals surface area contributed by atoms with Crippen LogP contribution < -0.4 is 0 Å². The van der Waals surface area contributed by atoms with Crippen LogP contribution in [0, 0.1) is 0 Å². The molecule has 0 bridgehead atoms. The number of hydrogen-bond acceptors (Lipinski definition) is 3. The molecule has 2 unspecified atom stereocenters. The molecule has 0 aromatic heterocycles. The third-order valence-corrected chi connectivity index (χ3v) is 10.8. The maximum absolute atomic E-state index is 12.4. The number of hydrogen-bond donors (Lipinski definition) is 2. The van der Waals surface area contributed by atoms with E-state index in [2.05, 4.69) is 38.2 Å². The van der Waals surface area contributed by atoms with E-state index in [1.165, 1.54) is 167 Å². The normalized spacial score (nSPS) is 14.1. The Morgan fingerprint density at radius 1 is 0.391 bits per heavy atom. The van der Waals surface area contributed by atoms with Crippen molar-refractivity contribution in [3.63, 3.8) is 0 Å². The van der Waals surface area contributed by atoms with E-state index in [0.29, 0.717) is 24.3 Å². The molecule has 0 aromatic carbocycles. The summed E-state index contributed by atoms with van der Waals surface area (Å²) < 4.78 is 12.4. The molecule has 0 spiro atoms. The Morgan fingerprint density at radius 2 is 0.652 bits per heavy atom. The van der Waals surface area contributed by atoms with Gasteiger partial charge in [-0.05, 0) is 64.2 Å². The zero-order chi connectivity index (χ0) is 33.6. The second-order valence-electron chi connectivity index (χ2n) is 14.2. The van der Waals surface area contributed by atoms with E-state index in [0.717, 1.165) is 25.7 Å². The van der Waals surface area contributed by atoms with Gasteiger partial charge in [0.05, 0.1) is 12.2 Å². The summed E-state index contributed by atoms with van der Waals surface area (Å²) >= 11 is -0.930. The summed E-state index contributed by atoms with van der Waals surface area (Å²) in [5.41, 5.74) is 0. The zero-order valence-electron chi connectivity index (χ0n) is 31.2. The van der Waals surface area contributed by atoms with E-state index in [1.54, 1.807) is 0 Å². The van der Waals surface area contributed by atoms with Gasteiger partial charge in [-0.15, -0.1) is 0 Å². The van der Waals surface area contributed by atoms with Gasteiger partial charge in [0.2, 0.25) is 0 Å². The van der Waals surface area contributed by atoms with Crippen molar-refractivity contribution in [1.29, 1.82) is 0 Å². The molecule has 0 heterocycles. The minimum Gasteiger partial charge on any atom is -0.616 e. The summed E-state index contributed by atoms with van der Waals surface area (Å²) in [6.45, 7) is 4.55. The van der Waals surface area contributed by atoms with Crippen LogP contribution in [0.4, 0.5) is 0 Å². The van der Waals surface area contributed by atoms with Crippen molar-refractivity contribution in [1.82, 2.24) is 0 Å². The van der Waals surface area contributed by atoms with Crippen molar-refractivity contribution in [3.05, 3.63) is 24.3 Å². The predicted molar refractivity (Wildman–Crippen MR) is 207 cm³/mol. The predicted octanol–water partition coefficient (Wildman–Crippen LogP) is 13.1. The van der Waals surface area contributed by atoms with Gasteiger partial charge in [0.1, 0.15) is 11.5 Å². The summed E-state index contributed by atoms with van der Waals surface area (Å²) in [5.74, 6) is 1.13. The highest BCUT2D eigenvalue weighted by Gasteiger charge is 2.14. The van der Waals surface area contributed by atoms with Crippen molar-refractivity contribution in [3.8, 4) is 0 Å². The molecule has 0 saturated heterocycles. The molecular weight excluding hydrogens is 585 g/mol. The average Bonchev–Trinajstić information content (AvgIpc) is 3.06. The van der Waals surface area contributed by atoms with E-state index in [-0.39, 0.29) is 12.2 Å². The highest BCUT2D eigenvalue weighted by molar-refractivity contribution is 7.91. The molecule has 46 heavy (non-hydrogen) atoms. The van der Waals surface area contributed by atoms with Crippen molar-refractivity contribution in [2.75, 3.05) is 11.5 Å². The lowest BCUT2D eigenvalue weighted by Gasteiger charge is -2.16. The summed E-state index contributed by atoms with van der Waals surface area (Å²) in [6, 6.07) is 0. The summed E-state index contributed by atoms with van der Waals surface area (Å²) in [5, 5.41) is 20.6. The van der Waals surface area contributed by atoms with Crippen LogP contribution in [0.25, 0.3) is 0 Å². The van der Waals surface area contributed by atoms with E-state index >= 15 is 0 Å². The number of aliphatic hydroxyl groups excluding tert-OH is 2. The third kappa shape index (κ3) is 38.2. The van der Waals surface area contributed by atoms with Crippen LogP contribution in [0.2, 0.25) is 0 Å². The van der Waals surface area contributed by atoms with Crippen molar-refractivity contribution < 1.29 is 14.8 Å². The first kappa shape index (κ1) is 45.7. The lowest BCUT2D eigenvalue weighted by molar-refractivity contribution is 0.155. The molecule has 0 aliphatic rings. The molecule has 274 valence electrons. The SMILES string of the molecule is CCCCCCCC/C=C\CCCCCCCCC(O)CC[S+]([O-])CCC(O)CCCCCCCC/C=C\CCCCCCCC. The monoisotopic (exact) mass is 667 g/mol. The second kappa shape index (κ2) is 39.2. The van der Waals surface area contributed by atoms with Gasteiger partial charge in [-0.3, -0.25) is 0 Å². The molecule has 0 aromatic rings. The van der Waals surface area contributed by atoms with Crippen LogP contribution in [-0.2, 0) is 11.2 Å². The van der Waals surface area contributed by atoms with Gasteiger partial charge in [-0.25, -0.2) is 0 Å². The van der Waals surface area contributed by atoms with Crippen LogP contribution in [0.15, 0.2) is 24.3 Å². The Kier molecular flexibility index (Phi) is 38.9. The number of allylic oxidation sites excluding steroid dienone is 4. The molecule has 0 radical (unpaired) electrons. The largest absolute Gasteiger partial charge is 0.616 e. The first-order chi connectivity index (χ1) is 22.6. The highest BCUT2D eigenvalue weighted by atomic mass is 32.2.